The summed E-state index contributed by atoms with van der Waals surface area (Å²) in [5.41, 5.74) is 0.530. The summed E-state index contributed by atoms with van der Waals surface area (Å²) in [6, 6.07) is 11.2. The lowest BCUT2D eigenvalue weighted by Crippen LogP contribution is -2.06. The molecule has 5 nitrogen and oxygen atoms in total. The van der Waals surface area contributed by atoms with E-state index in [1.54, 1.807) is 0 Å². The van der Waals surface area contributed by atoms with Gasteiger partial charge in [-0.05, 0) is 48.5 Å². The SMILES string of the molecule is CC(=O)Nc1ccc(S(=O)(=O)c2ccc(O)cc2)cc1. The van der Waals surface area contributed by atoms with Crippen molar-refractivity contribution in [3.8, 4) is 5.75 Å². The fourth-order valence-electron chi connectivity index (χ4n) is 1.68. The number of phenolic OH excluding ortho intramolecular Hbond substituents is 1. The van der Waals surface area contributed by atoms with Crippen LogP contribution in [0.1, 0.15) is 6.92 Å². The average Bonchev–Trinajstić information content (AvgIpc) is 2.39. The minimum Gasteiger partial charge on any atom is -0.508 e. The van der Waals surface area contributed by atoms with Crippen LogP contribution in [-0.2, 0) is 14.6 Å². The number of hydrogen-bond acceptors (Lipinski definition) is 4. The molecule has 0 saturated carbocycles. The van der Waals surface area contributed by atoms with Gasteiger partial charge in [-0.15, -0.1) is 0 Å². The molecule has 0 atom stereocenters. The number of rotatable bonds is 3. The topological polar surface area (TPSA) is 83.5 Å². The van der Waals surface area contributed by atoms with Gasteiger partial charge in [-0.3, -0.25) is 4.79 Å². The Labute approximate surface area is 116 Å². The van der Waals surface area contributed by atoms with Gasteiger partial charge >= 0.3 is 0 Å². The van der Waals surface area contributed by atoms with Crippen LogP contribution in [0.4, 0.5) is 5.69 Å². The van der Waals surface area contributed by atoms with Gasteiger partial charge in [0, 0.05) is 12.6 Å². The molecule has 0 unspecified atom stereocenters. The molecule has 0 bridgehead atoms. The third-order valence-corrected chi connectivity index (χ3v) is 4.42. The number of aromatic hydroxyl groups is 1. The van der Waals surface area contributed by atoms with E-state index in [0.29, 0.717) is 5.69 Å². The lowest BCUT2D eigenvalue weighted by molar-refractivity contribution is -0.114. The van der Waals surface area contributed by atoms with Gasteiger partial charge in [0.2, 0.25) is 15.7 Å². The molecule has 2 aromatic carbocycles. The van der Waals surface area contributed by atoms with Crippen molar-refractivity contribution in [3.05, 3.63) is 48.5 Å². The lowest BCUT2D eigenvalue weighted by Gasteiger charge is -2.06. The van der Waals surface area contributed by atoms with Crippen molar-refractivity contribution in [1.82, 2.24) is 0 Å². The molecular formula is C14H13NO4S. The van der Waals surface area contributed by atoms with Crippen LogP contribution < -0.4 is 5.32 Å². The maximum absolute atomic E-state index is 12.3. The Bertz CT molecular complexity index is 719. The first kappa shape index (κ1) is 14.1. The Morgan fingerprint density at radius 1 is 0.950 bits per heavy atom. The molecule has 0 heterocycles. The Hall–Kier alpha value is -2.34. The van der Waals surface area contributed by atoms with Crippen molar-refractivity contribution in [3.63, 3.8) is 0 Å². The van der Waals surface area contributed by atoms with Gasteiger partial charge in [-0.25, -0.2) is 8.42 Å². The Morgan fingerprint density at radius 2 is 1.40 bits per heavy atom. The van der Waals surface area contributed by atoms with Gasteiger partial charge < -0.3 is 10.4 Å². The summed E-state index contributed by atoms with van der Waals surface area (Å²) in [7, 11) is -3.62. The molecule has 2 N–H and O–H groups in total. The molecule has 6 heteroatoms. The minimum absolute atomic E-state index is 0.00459. The molecule has 0 radical (unpaired) electrons. The van der Waals surface area contributed by atoms with Crippen molar-refractivity contribution >= 4 is 21.4 Å². The number of hydrogen-bond donors (Lipinski definition) is 2. The lowest BCUT2D eigenvalue weighted by atomic mass is 10.3. The van der Waals surface area contributed by atoms with Gasteiger partial charge in [0.25, 0.3) is 0 Å². The van der Waals surface area contributed by atoms with Gasteiger partial charge in [0.1, 0.15) is 5.75 Å². The quantitative estimate of drug-likeness (QED) is 0.908. The van der Waals surface area contributed by atoms with Crippen molar-refractivity contribution in [2.45, 2.75) is 16.7 Å². The molecule has 104 valence electrons. The van der Waals surface area contributed by atoms with Crippen molar-refractivity contribution in [1.29, 1.82) is 0 Å². The van der Waals surface area contributed by atoms with Crippen LogP contribution in [0, 0.1) is 0 Å². The highest BCUT2D eigenvalue weighted by Gasteiger charge is 2.17. The number of carbonyl (C=O) groups excluding carboxylic acids is 1. The zero-order valence-electron chi connectivity index (χ0n) is 10.7. The first-order valence-corrected chi connectivity index (χ1v) is 7.30. The minimum atomic E-state index is -3.62. The summed E-state index contributed by atoms with van der Waals surface area (Å²) in [6.07, 6.45) is 0. The third kappa shape index (κ3) is 2.97. The first-order chi connectivity index (χ1) is 9.39. The summed E-state index contributed by atoms with van der Waals surface area (Å²) in [5.74, 6) is -0.218. The third-order valence-electron chi connectivity index (χ3n) is 2.63. The first-order valence-electron chi connectivity index (χ1n) is 5.81. The van der Waals surface area contributed by atoms with E-state index in [2.05, 4.69) is 5.32 Å². The number of nitrogens with one attached hydrogen (secondary N) is 1. The zero-order chi connectivity index (χ0) is 14.8. The molecule has 2 aromatic rings. The second-order valence-electron chi connectivity index (χ2n) is 4.20. The smallest absolute Gasteiger partial charge is 0.221 e. The fourth-order valence-corrected chi connectivity index (χ4v) is 2.94. The van der Waals surface area contributed by atoms with Crippen LogP contribution in [0.25, 0.3) is 0 Å². The predicted molar refractivity (Wildman–Crippen MR) is 74.3 cm³/mol. The monoisotopic (exact) mass is 291 g/mol. The van der Waals surface area contributed by atoms with Crippen LogP contribution in [-0.4, -0.2) is 19.4 Å². The molecule has 20 heavy (non-hydrogen) atoms. The van der Waals surface area contributed by atoms with E-state index in [0.717, 1.165) is 0 Å². The highest BCUT2D eigenvalue weighted by Crippen LogP contribution is 2.23. The van der Waals surface area contributed by atoms with Crippen LogP contribution >= 0.6 is 0 Å². The molecule has 0 spiro atoms. The van der Waals surface area contributed by atoms with E-state index in [9.17, 15) is 18.3 Å². The van der Waals surface area contributed by atoms with Crippen LogP contribution in [0.5, 0.6) is 5.75 Å². The summed E-state index contributed by atoms with van der Waals surface area (Å²) in [5, 5.41) is 11.7. The summed E-state index contributed by atoms with van der Waals surface area (Å²) >= 11 is 0. The second-order valence-corrected chi connectivity index (χ2v) is 6.15. The van der Waals surface area contributed by atoms with Crippen molar-refractivity contribution in [2.24, 2.45) is 0 Å². The van der Waals surface area contributed by atoms with Gasteiger partial charge in [0.05, 0.1) is 9.79 Å². The van der Waals surface area contributed by atoms with Crippen LogP contribution in [0.3, 0.4) is 0 Å². The van der Waals surface area contributed by atoms with E-state index in [4.69, 9.17) is 0 Å². The van der Waals surface area contributed by atoms with E-state index in [1.807, 2.05) is 0 Å². The number of phenols is 1. The molecule has 0 aliphatic rings. The van der Waals surface area contributed by atoms with Crippen LogP contribution in [0.2, 0.25) is 0 Å². The number of anilines is 1. The van der Waals surface area contributed by atoms with E-state index in [1.165, 1.54) is 55.5 Å². The highest BCUT2D eigenvalue weighted by atomic mass is 32.2. The molecule has 2 rings (SSSR count). The number of amides is 1. The number of benzene rings is 2. The Morgan fingerprint density at radius 3 is 1.85 bits per heavy atom. The van der Waals surface area contributed by atoms with E-state index >= 15 is 0 Å². The molecule has 0 aliphatic carbocycles. The van der Waals surface area contributed by atoms with Gasteiger partial charge in [0.15, 0.2) is 0 Å². The van der Waals surface area contributed by atoms with Crippen molar-refractivity contribution in [2.75, 3.05) is 5.32 Å². The van der Waals surface area contributed by atoms with E-state index < -0.39 is 9.84 Å². The Kier molecular flexibility index (Phi) is 3.76. The molecule has 0 aromatic heterocycles. The molecule has 1 amide bonds. The second kappa shape index (κ2) is 5.34. The average molecular weight is 291 g/mol. The fraction of sp³-hybridized carbons (Fsp3) is 0.0714. The molecular weight excluding hydrogens is 278 g/mol. The summed E-state index contributed by atoms with van der Waals surface area (Å²) in [6.45, 7) is 1.38. The normalized spacial score (nSPS) is 11.1. The molecule has 0 aliphatic heterocycles. The maximum atomic E-state index is 12.3. The van der Waals surface area contributed by atoms with E-state index in [-0.39, 0.29) is 21.4 Å². The molecule has 0 fully saturated rings. The number of sulfone groups is 1. The zero-order valence-corrected chi connectivity index (χ0v) is 11.5. The summed E-state index contributed by atoms with van der Waals surface area (Å²) in [4.78, 5) is 11.1. The number of carbonyl (C=O) groups is 1. The maximum Gasteiger partial charge on any atom is 0.221 e. The molecule has 0 saturated heterocycles. The predicted octanol–water partition coefficient (Wildman–Crippen LogP) is 2.18. The van der Waals surface area contributed by atoms with Gasteiger partial charge in [-0.2, -0.15) is 0 Å². The highest BCUT2D eigenvalue weighted by molar-refractivity contribution is 7.91. The summed E-state index contributed by atoms with van der Waals surface area (Å²) < 4.78 is 24.6. The van der Waals surface area contributed by atoms with Crippen molar-refractivity contribution < 1.29 is 18.3 Å². The Balaban J connectivity index is 2.34. The van der Waals surface area contributed by atoms with Gasteiger partial charge in [-0.1, -0.05) is 0 Å². The largest absolute Gasteiger partial charge is 0.508 e. The van der Waals surface area contributed by atoms with Crippen LogP contribution in [0.15, 0.2) is 58.3 Å². The standard InChI is InChI=1S/C14H13NO4S/c1-10(16)15-11-2-6-13(7-3-11)20(18,19)14-8-4-12(17)5-9-14/h2-9,17H,1H3,(H,15,16).